The lowest BCUT2D eigenvalue weighted by Crippen LogP contribution is -2.13. The van der Waals surface area contributed by atoms with Crippen molar-refractivity contribution in [3.05, 3.63) is 53.8 Å². The largest absolute Gasteiger partial charge is 0.494 e. The fraction of sp³-hybridized carbons (Fsp3) is 0.316. The van der Waals surface area contributed by atoms with Crippen molar-refractivity contribution >= 4 is 11.6 Å². The number of ether oxygens (including phenoxy) is 2. The number of hydrogen-bond donors (Lipinski definition) is 1. The standard InChI is InChI=1S/C19H22FNO3/c1-3-23-16-10-11-18(24-4-2)17(13-16)21-19(22)12-7-14-5-8-15(20)9-6-14/h5-6,8-11,13H,3-4,7,12H2,1-2H3,(H,21,22). The van der Waals surface area contributed by atoms with Crippen molar-refractivity contribution in [2.75, 3.05) is 18.5 Å². The summed E-state index contributed by atoms with van der Waals surface area (Å²) in [7, 11) is 0. The predicted octanol–water partition coefficient (Wildman–Crippen LogP) is 4.19. The van der Waals surface area contributed by atoms with Crippen LogP contribution in [0.3, 0.4) is 0 Å². The lowest BCUT2D eigenvalue weighted by molar-refractivity contribution is -0.116. The first-order valence-corrected chi connectivity index (χ1v) is 8.06. The van der Waals surface area contributed by atoms with E-state index in [-0.39, 0.29) is 11.7 Å². The summed E-state index contributed by atoms with van der Waals surface area (Å²) in [5.41, 5.74) is 1.51. The van der Waals surface area contributed by atoms with Gasteiger partial charge in [0.1, 0.15) is 17.3 Å². The highest BCUT2D eigenvalue weighted by Gasteiger charge is 2.10. The molecule has 5 heteroatoms. The maximum Gasteiger partial charge on any atom is 0.224 e. The van der Waals surface area contributed by atoms with Crippen molar-refractivity contribution in [2.45, 2.75) is 26.7 Å². The number of amides is 1. The van der Waals surface area contributed by atoms with Crippen LogP contribution >= 0.6 is 0 Å². The van der Waals surface area contributed by atoms with Gasteiger partial charge in [0, 0.05) is 12.5 Å². The van der Waals surface area contributed by atoms with Crippen molar-refractivity contribution < 1.29 is 18.7 Å². The molecule has 0 bridgehead atoms. The molecule has 0 fully saturated rings. The second kappa shape index (κ2) is 8.91. The van der Waals surface area contributed by atoms with E-state index in [1.807, 2.05) is 19.9 Å². The average Bonchev–Trinajstić information content (AvgIpc) is 2.57. The van der Waals surface area contributed by atoms with Crippen LogP contribution in [0.25, 0.3) is 0 Å². The third-order valence-electron chi connectivity index (χ3n) is 3.39. The molecule has 0 saturated heterocycles. The summed E-state index contributed by atoms with van der Waals surface area (Å²) in [4.78, 5) is 12.2. The molecule has 24 heavy (non-hydrogen) atoms. The van der Waals surface area contributed by atoms with E-state index in [0.29, 0.717) is 43.2 Å². The predicted molar refractivity (Wildman–Crippen MR) is 92.1 cm³/mol. The highest BCUT2D eigenvalue weighted by atomic mass is 19.1. The van der Waals surface area contributed by atoms with Gasteiger partial charge >= 0.3 is 0 Å². The molecule has 0 aliphatic heterocycles. The lowest BCUT2D eigenvalue weighted by Gasteiger charge is -2.13. The van der Waals surface area contributed by atoms with Crippen LogP contribution in [0.1, 0.15) is 25.8 Å². The van der Waals surface area contributed by atoms with Crippen LogP contribution in [0.15, 0.2) is 42.5 Å². The molecule has 2 aromatic carbocycles. The zero-order valence-corrected chi connectivity index (χ0v) is 14.0. The third kappa shape index (κ3) is 5.26. The second-order valence-corrected chi connectivity index (χ2v) is 5.20. The van der Waals surface area contributed by atoms with Crippen molar-refractivity contribution in [3.63, 3.8) is 0 Å². The number of carbonyl (C=O) groups excluding carboxylic acids is 1. The lowest BCUT2D eigenvalue weighted by atomic mass is 10.1. The van der Waals surface area contributed by atoms with E-state index in [2.05, 4.69) is 5.32 Å². The topological polar surface area (TPSA) is 47.6 Å². The minimum Gasteiger partial charge on any atom is -0.494 e. The maximum absolute atomic E-state index is 12.9. The van der Waals surface area contributed by atoms with Crippen LogP contribution in [-0.2, 0) is 11.2 Å². The normalized spacial score (nSPS) is 10.3. The molecule has 0 unspecified atom stereocenters. The molecule has 0 aliphatic rings. The van der Waals surface area contributed by atoms with Gasteiger partial charge in [-0.2, -0.15) is 0 Å². The highest BCUT2D eigenvalue weighted by molar-refractivity contribution is 5.92. The molecule has 128 valence electrons. The highest BCUT2D eigenvalue weighted by Crippen LogP contribution is 2.29. The first-order chi connectivity index (χ1) is 11.6. The molecule has 0 heterocycles. The average molecular weight is 331 g/mol. The third-order valence-corrected chi connectivity index (χ3v) is 3.39. The molecule has 0 atom stereocenters. The molecule has 1 N–H and O–H groups in total. The van der Waals surface area contributed by atoms with Gasteiger partial charge in [-0.1, -0.05) is 12.1 Å². The van der Waals surface area contributed by atoms with E-state index < -0.39 is 0 Å². The van der Waals surface area contributed by atoms with Gasteiger partial charge in [0.15, 0.2) is 0 Å². The zero-order valence-electron chi connectivity index (χ0n) is 14.0. The Kier molecular flexibility index (Phi) is 6.61. The minimum absolute atomic E-state index is 0.131. The van der Waals surface area contributed by atoms with Crippen LogP contribution < -0.4 is 14.8 Å². The first kappa shape index (κ1) is 17.8. The molecular formula is C19H22FNO3. The van der Waals surface area contributed by atoms with E-state index in [4.69, 9.17) is 9.47 Å². The molecule has 0 spiro atoms. The second-order valence-electron chi connectivity index (χ2n) is 5.20. The van der Waals surface area contributed by atoms with Crippen LogP contribution in [-0.4, -0.2) is 19.1 Å². The van der Waals surface area contributed by atoms with Gasteiger partial charge < -0.3 is 14.8 Å². The molecular weight excluding hydrogens is 309 g/mol. The van der Waals surface area contributed by atoms with Crippen LogP contribution in [0.4, 0.5) is 10.1 Å². The molecule has 2 rings (SSSR count). The van der Waals surface area contributed by atoms with Gasteiger partial charge in [-0.3, -0.25) is 4.79 Å². The van der Waals surface area contributed by atoms with Crippen molar-refractivity contribution in [1.29, 1.82) is 0 Å². The Balaban J connectivity index is 2.00. The number of aryl methyl sites for hydroxylation is 1. The quantitative estimate of drug-likeness (QED) is 0.789. The summed E-state index contributed by atoms with van der Waals surface area (Å²) >= 11 is 0. The number of halogens is 1. The molecule has 0 saturated carbocycles. The molecule has 2 aromatic rings. The minimum atomic E-state index is -0.280. The monoisotopic (exact) mass is 331 g/mol. The number of benzene rings is 2. The van der Waals surface area contributed by atoms with Gasteiger partial charge in [-0.15, -0.1) is 0 Å². The van der Waals surface area contributed by atoms with Gasteiger partial charge in [0.2, 0.25) is 5.91 Å². The Labute approximate surface area is 141 Å². The SMILES string of the molecule is CCOc1ccc(OCC)c(NC(=O)CCc2ccc(F)cc2)c1. The molecule has 0 aromatic heterocycles. The Morgan fingerprint density at radius 3 is 2.42 bits per heavy atom. The van der Waals surface area contributed by atoms with Gasteiger partial charge in [0.25, 0.3) is 0 Å². The van der Waals surface area contributed by atoms with E-state index >= 15 is 0 Å². The van der Waals surface area contributed by atoms with Gasteiger partial charge in [-0.05, 0) is 50.1 Å². The number of rotatable bonds is 8. The number of carbonyl (C=O) groups is 1. The van der Waals surface area contributed by atoms with Crippen LogP contribution in [0.5, 0.6) is 11.5 Å². The summed E-state index contributed by atoms with van der Waals surface area (Å²) in [6.07, 6.45) is 0.845. The number of hydrogen-bond acceptors (Lipinski definition) is 3. The summed E-state index contributed by atoms with van der Waals surface area (Å²) in [5, 5.41) is 2.86. The Bertz CT molecular complexity index is 671. The smallest absolute Gasteiger partial charge is 0.224 e. The zero-order chi connectivity index (χ0) is 17.4. The summed E-state index contributed by atoms with van der Waals surface area (Å²) in [5.74, 6) is 0.872. The maximum atomic E-state index is 12.9. The first-order valence-electron chi connectivity index (χ1n) is 8.06. The Morgan fingerprint density at radius 2 is 1.75 bits per heavy atom. The molecule has 1 amide bonds. The fourth-order valence-corrected chi connectivity index (χ4v) is 2.27. The molecule has 0 aliphatic carbocycles. The summed E-state index contributed by atoms with van der Waals surface area (Å²) in [6.45, 7) is 4.84. The van der Waals surface area contributed by atoms with Crippen molar-refractivity contribution in [2.24, 2.45) is 0 Å². The van der Waals surface area contributed by atoms with E-state index in [9.17, 15) is 9.18 Å². The van der Waals surface area contributed by atoms with E-state index in [1.165, 1.54) is 12.1 Å². The van der Waals surface area contributed by atoms with Crippen molar-refractivity contribution in [3.8, 4) is 11.5 Å². The number of anilines is 1. The Morgan fingerprint density at radius 1 is 1.04 bits per heavy atom. The Hall–Kier alpha value is -2.56. The van der Waals surface area contributed by atoms with E-state index in [0.717, 1.165) is 5.56 Å². The van der Waals surface area contributed by atoms with E-state index in [1.54, 1.807) is 24.3 Å². The molecule has 0 radical (unpaired) electrons. The molecule has 4 nitrogen and oxygen atoms in total. The van der Waals surface area contributed by atoms with Gasteiger partial charge in [-0.25, -0.2) is 4.39 Å². The van der Waals surface area contributed by atoms with Crippen molar-refractivity contribution in [1.82, 2.24) is 0 Å². The van der Waals surface area contributed by atoms with Crippen LogP contribution in [0, 0.1) is 5.82 Å². The van der Waals surface area contributed by atoms with Crippen LogP contribution in [0.2, 0.25) is 0 Å². The summed E-state index contributed by atoms with van der Waals surface area (Å²) < 4.78 is 23.9. The van der Waals surface area contributed by atoms with Gasteiger partial charge in [0.05, 0.1) is 18.9 Å². The number of nitrogens with one attached hydrogen (secondary N) is 1. The summed E-state index contributed by atoms with van der Waals surface area (Å²) in [6, 6.07) is 11.5. The fourth-order valence-electron chi connectivity index (χ4n) is 2.27.